The van der Waals surface area contributed by atoms with Crippen molar-refractivity contribution < 1.29 is 71.5 Å². The van der Waals surface area contributed by atoms with Crippen LogP contribution in [0.15, 0.2) is 0 Å². The Labute approximate surface area is 393 Å². The lowest BCUT2D eigenvalue weighted by atomic mass is 9.97. The van der Waals surface area contributed by atoms with Crippen molar-refractivity contribution in [3.8, 4) is 0 Å². The smallest absolute Gasteiger partial charge is 0.187 e. The van der Waals surface area contributed by atoms with Crippen LogP contribution >= 0.6 is 0 Å². The minimum absolute atomic E-state index is 0.0919. The lowest BCUT2D eigenvalue weighted by molar-refractivity contribution is -0.359. The topological polar surface area (TPSA) is 247 Å². The molecule has 388 valence electrons. The van der Waals surface area contributed by atoms with Gasteiger partial charge in [-0.3, -0.25) is 0 Å². The van der Waals surface area contributed by atoms with E-state index in [0.29, 0.717) is 12.8 Å². The molecule has 0 aliphatic carbocycles. The highest BCUT2D eigenvalue weighted by molar-refractivity contribution is 7.92. The van der Waals surface area contributed by atoms with E-state index in [1.165, 1.54) is 116 Å². The first-order chi connectivity index (χ1) is 31.2. The van der Waals surface area contributed by atoms with Crippen LogP contribution in [-0.4, -0.2) is 157 Å². The van der Waals surface area contributed by atoms with Crippen LogP contribution in [0.5, 0.6) is 0 Å². The number of unbranched alkanes of at least 4 members (excludes halogenated alkanes) is 26. The average molecular weight is 975 g/mol. The minimum Gasteiger partial charge on any atom is -0.394 e. The number of hydrogen-bond donors (Lipinski definition) is 7. The molecule has 65 heavy (non-hydrogen) atoms. The van der Waals surface area contributed by atoms with Crippen LogP contribution in [0, 0.1) is 5.92 Å². The van der Waals surface area contributed by atoms with Crippen LogP contribution in [0.4, 0.5) is 0 Å². The monoisotopic (exact) mass is 975 g/mol. The molecule has 2 heterocycles. The first kappa shape index (κ1) is 60.6. The van der Waals surface area contributed by atoms with Crippen molar-refractivity contribution in [3.63, 3.8) is 0 Å². The lowest BCUT2D eigenvalue weighted by Gasteiger charge is -2.46. The molecule has 2 fully saturated rings. The Bertz CT molecular complexity index is 1300. The largest absolute Gasteiger partial charge is 0.394 e. The molecule has 0 saturated carbocycles. The Morgan fingerprint density at radius 2 is 0.769 bits per heavy atom. The fourth-order valence-electron chi connectivity index (χ4n) is 8.99. The summed E-state index contributed by atoms with van der Waals surface area (Å²) in [5.41, 5.74) is 0. The van der Waals surface area contributed by atoms with Crippen molar-refractivity contribution in [1.29, 1.82) is 0 Å². The molecule has 7 N–H and O–H groups in total. The van der Waals surface area contributed by atoms with Crippen molar-refractivity contribution in [3.05, 3.63) is 0 Å². The van der Waals surface area contributed by atoms with Gasteiger partial charge in [-0.25, -0.2) is 16.8 Å². The zero-order valence-electron chi connectivity index (χ0n) is 40.3. The molecular weight excluding hydrogens is 881 g/mol. The predicted molar refractivity (Wildman–Crippen MR) is 254 cm³/mol. The van der Waals surface area contributed by atoms with Gasteiger partial charge in [0.15, 0.2) is 32.3 Å². The van der Waals surface area contributed by atoms with Crippen molar-refractivity contribution in [2.45, 2.75) is 255 Å². The molecule has 0 spiro atoms. The van der Waals surface area contributed by atoms with Gasteiger partial charge in [-0.05, 0) is 12.8 Å². The Hall–Kier alpha value is -0.540. The third-order valence-corrected chi connectivity index (χ3v) is 16.8. The van der Waals surface area contributed by atoms with Crippen molar-refractivity contribution in [2.75, 3.05) is 42.8 Å². The standard InChI is InChI=1S/C48H94O15S2/c1-3-5-7-9-11-13-15-17-19-21-23-25-27-29-31-64(56,57)36-38(37-65(58,59)32-30-28-26-24-22-20-18-16-14-12-10-8-6-4-2)35-60-47-45(55)43(53)46(40(34-50)62-47)63-48-44(54)42(52)41(51)39(33-49)61-48/h38-55H,3-37H2,1-2H3/t39-,40-,41+,42+,43-,44-,45-,46+,47-,48-/m1/s1. The van der Waals surface area contributed by atoms with E-state index in [9.17, 15) is 52.6 Å². The molecule has 0 amide bonds. The number of ether oxygens (including phenoxy) is 4. The van der Waals surface area contributed by atoms with E-state index in [1.807, 2.05) is 0 Å². The molecule has 0 aromatic rings. The number of sulfone groups is 2. The van der Waals surface area contributed by atoms with E-state index < -0.39 is 118 Å². The van der Waals surface area contributed by atoms with Crippen LogP contribution in [0.2, 0.25) is 0 Å². The number of aliphatic hydroxyl groups is 7. The summed E-state index contributed by atoms with van der Waals surface area (Å²) in [5.74, 6) is -2.11. The summed E-state index contributed by atoms with van der Waals surface area (Å²) in [5, 5.41) is 72.6. The molecule has 15 nitrogen and oxygen atoms in total. The molecule has 10 atom stereocenters. The highest BCUT2D eigenvalue weighted by Crippen LogP contribution is 2.30. The second-order valence-corrected chi connectivity index (χ2v) is 23.6. The number of aliphatic hydroxyl groups excluding tert-OH is 7. The van der Waals surface area contributed by atoms with Crippen LogP contribution < -0.4 is 0 Å². The van der Waals surface area contributed by atoms with Gasteiger partial charge < -0.3 is 54.7 Å². The van der Waals surface area contributed by atoms with Crippen molar-refractivity contribution in [1.82, 2.24) is 0 Å². The number of hydrogen-bond acceptors (Lipinski definition) is 15. The van der Waals surface area contributed by atoms with Crippen LogP contribution in [0.25, 0.3) is 0 Å². The fourth-order valence-corrected chi connectivity index (χ4v) is 12.6. The fraction of sp³-hybridized carbons (Fsp3) is 1.00. The molecule has 0 radical (unpaired) electrons. The minimum atomic E-state index is -3.71. The SMILES string of the molecule is CCCCCCCCCCCCCCCCS(=O)(=O)CC(CO[C@@H]1O[C@H](CO)[C@H](O[C@H]2O[C@H](CO)[C@H](O)[C@H](O)[C@H]2O)[C@H](O)[C@H]1O)CS(=O)(=O)CCCCCCCCCCCCCCCC. The first-order valence-corrected chi connectivity index (χ1v) is 29.4. The third-order valence-electron chi connectivity index (χ3n) is 13.1. The molecule has 2 rings (SSSR count). The quantitative estimate of drug-likeness (QED) is 0.0346. The molecule has 2 aliphatic rings. The second-order valence-electron chi connectivity index (χ2n) is 19.1. The average Bonchev–Trinajstić information content (AvgIpc) is 3.27. The maximum atomic E-state index is 13.5. The summed E-state index contributed by atoms with van der Waals surface area (Å²) in [6, 6.07) is 0. The van der Waals surface area contributed by atoms with E-state index in [-0.39, 0.29) is 11.5 Å². The molecular formula is C48H94O15S2. The Morgan fingerprint density at radius 3 is 1.14 bits per heavy atom. The number of rotatable bonds is 41. The van der Waals surface area contributed by atoms with E-state index >= 15 is 0 Å². The molecule has 2 aliphatic heterocycles. The molecule has 0 aromatic heterocycles. The zero-order chi connectivity index (χ0) is 47.9. The van der Waals surface area contributed by atoms with Gasteiger partial charge in [0.1, 0.15) is 48.8 Å². The summed E-state index contributed by atoms with van der Waals surface area (Å²) in [6.07, 6.45) is 15.1. The van der Waals surface area contributed by atoms with Gasteiger partial charge in [0, 0.05) is 5.92 Å². The summed E-state index contributed by atoms with van der Waals surface area (Å²) in [6.45, 7) is 2.49. The van der Waals surface area contributed by atoms with Crippen LogP contribution in [-0.2, 0) is 38.6 Å². The first-order valence-electron chi connectivity index (χ1n) is 25.8. The van der Waals surface area contributed by atoms with Crippen molar-refractivity contribution >= 4 is 19.7 Å². The summed E-state index contributed by atoms with van der Waals surface area (Å²) < 4.78 is 76.3. The van der Waals surface area contributed by atoms with E-state index in [0.717, 1.165) is 51.4 Å². The summed E-state index contributed by atoms with van der Waals surface area (Å²) in [7, 11) is -7.42. The van der Waals surface area contributed by atoms with Crippen LogP contribution in [0.1, 0.15) is 194 Å². The molecule has 0 bridgehead atoms. The second kappa shape index (κ2) is 35.5. The molecule has 0 unspecified atom stereocenters. The normalized spacial score (nSPS) is 26.6. The zero-order valence-corrected chi connectivity index (χ0v) is 41.9. The van der Waals surface area contributed by atoms with Gasteiger partial charge in [0.05, 0.1) is 42.8 Å². The lowest BCUT2D eigenvalue weighted by Crippen LogP contribution is -2.64. The van der Waals surface area contributed by atoms with Gasteiger partial charge in [0.25, 0.3) is 0 Å². The van der Waals surface area contributed by atoms with Crippen LogP contribution in [0.3, 0.4) is 0 Å². The van der Waals surface area contributed by atoms with Crippen molar-refractivity contribution in [2.24, 2.45) is 5.92 Å². The predicted octanol–water partition coefficient (Wildman–Crippen LogP) is 6.04. The molecule has 17 heteroatoms. The maximum absolute atomic E-state index is 13.5. The van der Waals surface area contributed by atoms with Gasteiger partial charge in [-0.1, -0.05) is 181 Å². The van der Waals surface area contributed by atoms with Gasteiger partial charge in [0.2, 0.25) is 0 Å². The maximum Gasteiger partial charge on any atom is 0.187 e. The Morgan fingerprint density at radius 1 is 0.431 bits per heavy atom. The highest BCUT2D eigenvalue weighted by Gasteiger charge is 2.51. The molecule has 2 saturated heterocycles. The van der Waals surface area contributed by atoms with Gasteiger partial charge >= 0.3 is 0 Å². The van der Waals surface area contributed by atoms with Gasteiger partial charge in [-0.2, -0.15) is 0 Å². The van der Waals surface area contributed by atoms with E-state index in [1.54, 1.807) is 0 Å². The Kier molecular flexibility index (Phi) is 33.1. The third kappa shape index (κ3) is 25.8. The van der Waals surface area contributed by atoms with E-state index in [2.05, 4.69) is 13.8 Å². The van der Waals surface area contributed by atoms with Gasteiger partial charge in [-0.15, -0.1) is 0 Å². The Balaban J connectivity index is 1.92. The van der Waals surface area contributed by atoms with E-state index in [4.69, 9.17) is 18.9 Å². The molecule has 0 aromatic carbocycles. The highest BCUT2D eigenvalue weighted by atomic mass is 32.2. The summed E-state index contributed by atoms with van der Waals surface area (Å²) in [4.78, 5) is 0. The summed E-state index contributed by atoms with van der Waals surface area (Å²) >= 11 is 0.